The number of hydrogen-bond acceptors (Lipinski definition) is 4. The van der Waals surface area contributed by atoms with E-state index in [1.54, 1.807) is 17.5 Å². The standard InChI is InChI=1S/C16H12N2O2S/c1-2-20-14-9-18-13(17-14)8-7-12-15(18)16(19)10-5-3-4-6-11(10)21-12/h3-9H,2H2,1H3. The molecule has 4 aromatic rings. The van der Waals surface area contributed by atoms with E-state index in [9.17, 15) is 4.79 Å². The zero-order chi connectivity index (χ0) is 14.4. The van der Waals surface area contributed by atoms with Gasteiger partial charge in [0.25, 0.3) is 0 Å². The molecule has 104 valence electrons. The van der Waals surface area contributed by atoms with Gasteiger partial charge in [0.1, 0.15) is 11.2 Å². The first kappa shape index (κ1) is 12.3. The molecule has 0 radical (unpaired) electrons. The summed E-state index contributed by atoms with van der Waals surface area (Å²) in [5.74, 6) is 0.544. The molecule has 0 aliphatic heterocycles. The molecule has 0 saturated heterocycles. The number of rotatable bonds is 2. The van der Waals surface area contributed by atoms with Crippen LogP contribution in [0, 0.1) is 0 Å². The predicted octanol–water partition coefficient (Wildman–Crippen LogP) is 3.46. The van der Waals surface area contributed by atoms with Gasteiger partial charge in [-0.05, 0) is 31.2 Å². The Morgan fingerprint density at radius 2 is 2.05 bits per heavy atom. The summed E-state index contributed by atoms with van der Waals surface area (Å²) in [6.45, 7) is 2.47. The van der Waals surface area contributed by atoms with Crippen LogP contribution in [0.1, 0.15) is 6.92 Å². The molecule has 4 nitrogen and oxygen atoms in total. The number of pyridine rings is 1. The Bertz CT molecular complexity index is 1030. The monoisotopic (exact) mass is 296 g/mol. The highest BCUT2D eigenvalue weighted by Gasteiger charge is 2.11. The summed E-state index contributed by atoms with van der Waals surface area (Å²) < 4.78 is 9.21. The fraction of sp³-hybridized carbons (Fsp3) is 0.125. The minimum absolute atomic E-state index is 0.0328. The number of nitrogens with zero attached hydrogens (tertiary/aromatic N) is 2. The maximum absolute atomic E-state index is 12.8. The number of hydrogen-bond donors (Lipinski definition) is 0. The molecule has 21 heavy (non-hydrogen) atoms. The van der Waals surface area contributed by atoms with E-state index in [1.165, 1.54) is 0 Å². The lowest BCUT2D eigenvalue weighted by Crippen LogP contribution is -2.05. The molecule has 0 unspecified atom stereocenters. The van der Waals surface area contributed by atoms with Crippen molar-refractivity contribution in [3.05, 3.63) is 52.8 Å². The summed E-state index contributed by atoms with van der Waals surface area (Å²) in [7, 11) is 0. The maximum Gasteiger partial charge on any atom is 0.232 e. The Kier molecular flexibility index (Phi) is 2.68. The van der Waals surface area contributed by atoms with Crippen molar-refractivity contribution in [3.63, 3.8) is 0 Å². The van der Waals surface area contributed by atoms with E-state index in [2.05, 4.69) is 4.98 Å². The third kappa shape index (κ3) is 1.81. The highest BCUT2D eigenvalue weighted by atomic mass is 32.1. The molecule has 0 saturated carbocycles. The van der Waals surface area contributed by atoms with Crippen LogP contribution in [0.4, 0.5) is 0 Å². The van der Waals surface area contributed by atoms with E-state index in [4.69, 9.17) is 4.74 Å². The first-order valence-electron chi connectivity index (χ1n) is 6.74. The number of aromatic nitrogens is 2. The quantitative estimate of drug-likeness (QED) is 0.532. The van der Waals surface area contributed by atoms with Crippen molar-refractivity contribution in [2.24, 2.45) is 0 Å². The molecule has 0 fully saturated rings. The van der Waals surface area contributed by atoms with E-state index in [0.717, 1.165) is 20.4 Å². The van der Waals surface area contributed by atoms with E-state index in [1.807, 2.05) is 47.7 Å². The topological polar surface area (TPSA) is 43.6 Å². The van der Waals surface area contributed by atoms with Crippen LogP contribution in [0.15, 0.2) is 47.4 Å². The second kappa shape index (κ2) is 4.56. The van der Waals surface area contributed by atoms with E-state index < -0.39 is 0 Å². The molecule has 0 aliphatic carbocycles. The lowest BCUT2D eigenvalue weighted by Gasteiger charge is -2.02. The van der Waals surface area contributed by atoms with Crippen LogP contribution in [0.25, 0.3) is 25.9 Å². The molecule has 0 aliphatic rings. The van der Waals surface area contributed by atoms with Crippen molar-refractivity contribution in [3.8, 4) is 5.88 Å². The Labute approximate surface area is 124 Å². The van der Waals surface area contributed by atoms with E-state index in [0.29, 0.717) is 18.0 Å². The molecule has 0 spiro atoms. The zero-order valence-corrected chi connectivity index (χ0v) is 12.2. The van der Waals surface area contributed by atoms with Gasteiger partial charge in [0.05, 0.1) is 17.5 Å². The van der Waals surface area contributed by atoms with Crippen molar-refractivity contribution in [2.75, 3.05) is 6.61 Å². The number of benzene rings is 1. The Hall–Kier alpha value is -2.40. The fourth-order valence-corrected chi connectivity index (χ4v) is 3.61. The third-order valence-electron chi connectivity index (χ3n) is 3.43. The number of fused-ring (bicyclic) bond motifs is 4. The molecule has 0 atom stereocenters. The number of ether oxygens (including phenoxy) is 1. The van der Waals surface area contributed by atoms with Gasteiger partial charge in [0.2, 0.25) is 11.3 Å². The van der Waals surface area contributed by atoms with Crippen molar-refractivity contribution < 1.29 is 4.74 Å². The van der Waals surface area contributed by atoms with Gasteiger partial charge in [-0.2, -0.15) is 4.98 Å². The number of imidazole rings is 1. The van der Waals surface area contributed by atoms with Crippen LogP contribution in [0.5, 0.6) is 5.88 Å². The first-order chi connectivity index (χ1) is 10.3. The highest BCUT2D eigenvalue weighted by Crippen LogP contribution is 2.26. The maximum atomic E-state index is 12.8. The van der Waals surface area contributed by atoms with Crippen LogP contribution in [0.3, 0.4) is 0 Å². The SMILES string of the molecule is CCOc1cn2c(ccc3sc4ccccc4c(=O)c32)n1. The second-order valence-electron chi connectivity index (χ2n) is 4.71. The van der Waals surface area contributed by atoms with Crippen molar-refractivity contribution in [1.82, 2.24) is 9.38 Å². The van der Waals surface area contributed by atoms with Crippen LogP contribution in [-0.2, 0) is 0 Å². The predicted molar refractivity (Wildman–Crippen MR) is 85.5 cm³/mol. The summed E-state index contributed by atoms with van der Waals surface area (Å²) >= 11 is 1.61. The third-order valence-corrected chi connectivity index (χ3v) is 4.55. The van der Waals surface area contributed by atoms with Gasteiger partial charge in [0, 0.05) is 10.1 Å². The Balaban J connectivity index is 2.18. The van der Waals surface area contributed by atoms with Gasteiger partial charge in [-0.25, -0.2) is 0 Å². The van der Waals surface area contributed by atoms with Gasteiger partial charge in [-0.3, -0.25) is 9.20 Å². The van der Waals surface area contributed by atoms with Gasteiger partial charge in [0.15, 0.2) is 0 Å². The molecule has 3 heterocycles. The fourth-order valence-electron chi connectivity index (χ4n) is 2.53. The van der Waals surface area contributed by atoms with Gasteiger partial charge in [-0.1, -0.05) is 12.1 Å². The van der Waals surface area contributed by atoms with Crippen LogP contribution in [0.2, 0.25) is 0 Å². The first-order valence-corrected chi connectivity index (χ1v) is 7.56. The van der Waals surface area contributed by atoms with E-state index >= 15 is 0 Å². The molecule has 0 N–H and O–H groups in total. The van der Waals surface area contributed by atoms with Crippen molar-refractivity contribution in [2.45, 2.75) is 6.92 Å². The highest BCUT2D eigenvalue weighted by molar-refractivity contribution is 7.24. The normalized spacial score (nSPS) is 11.5. The largest absolute Gasteiger partial charge is 0.477 e. The van der Waals surface area contributed by atoms with E-state index in [-0.39, 0.29) is 5.43 Å². The molecular weight excluding hydrogens is 284 g/mol. The molecule has 1 aromatic carbocycles. The lowest BCUT2D eigenvalue weighted by molar-refractivity contribution is 0.329. The summed E-state index contributed by atoms with van der Waals surface area (Å²) in [6.07, 6.45) is 1.78. The summed E-state index contributed by atoms with van der Waals surface area (Å²) in [5.41, 5.74) is 1.42. The Morgan fingerprint density at radius 3 is 2.90 bits per heavy atom. The zero-order valence-electron chi connectivity index (χ0n) is 11.4. The second-order valence-corrected chi connectivity index (χ2v) is 5.80. The molecule has 5 heteroatoms. The summed E-state index contributed by atoms with van der Waals surface area (Å²) in [4.78, 5) is 17.2. The van der Waals surface area contributed by atoms with Crippen molar-refractivity contribution in [1.29, 1.82) is 0 Å². The molecular formula is C16H12N2O2S. The average Bonchev–Trinajstić information content (AvgIpc) is 2.90. The molecule has 0 amide bonds. The molecule has 4 rings (SSSR count). The van der Waals surface area contributed by atoms with Gasteiger partial charge < -0.3 is 4.74 Å². The molecule has 0 bridgehead atoms. The van der Waals surface area contributed by atoms with Crippen LogP contribution < -0.4 is 10.2 Å². The average molecular weight is 296 g/mol. The smallest absolute Gasteiger partial charge is 0.232 e. The Morgan fingerprint density at radius 1 is 1.19 bits per heavy atom. The summed E-state index contributed by atoms with van der Waals surface area (Å²) in [5, 5.41) is 0.745. The van der Waals surface area contributed by atoms with Crippen molar-refractivity contribution >= 4 is 37.3 Å². The molecule has 3 aromatic heterocycles. The van der Waals surface area contributed by atoms with Crippen LogP contribution in [-0.4, -0.2) is 16.0 Å². The van der Waals surface area contributed by atoms with Crippen LogP contribution >= 0.6 is 11.3 Å². The summed E-state index contributed by atoms with van der Waals surface area (Å²) in [6, 6.07) is 11.5. The van der Waals surface area contributed by atoms with Gasteiger partial charge >= 0.3 is 0 Å². The van der Waals surface area contributed by atoms with Gasteiger partial charge in [-0.15, -0.1) is 11.3 Å². The minimum Gasteiger partial charge on any atom is -0.477 e. The minimum atomic E-state index is 0.0328. The lowest BCUT2D eigenvalue weighted by atomic mass is 10.2.